The number of benzene rings is 2. The second kappa shape index (κ2) is 10.1. The highest BCUT2D eigenvalue weighted by Gasteiger charge is 2.15. The minimum absolute atomic E-state index is 0.197. The van der Waals surface area contributed by atoms with Crippen molar-refractivity contribution in [2.24, 2.45) is 0 Å². The average Bonchev–Trinajstić information content (AvgIpc) is 3.58. The van der Waals surface area contributed by atoms with Gasteiger partial charge in [0.1, 0.15) is 22.9 Å². The summed E-state index contributed by atoms with van der Waals surface area (Å²) >= 11 is 0. The van der Waals surface area contributed by atoms with Gasteiger partial charge < -0.3 is 19.5 Å². The molecule has 0 aliphatic heterocycles. The third-order valence-corrected chi connectivity index (χ3v) is 5.40. The first-order valence-corrected chi connectivity index (χ1v) is 11.1. The van der Waals surface area contributed by atoms with E-state index in [1.807, 2.05) is 24.3 Å². The van der Waals surface area contributed by atoms with Crippen LogP contribution in [0.25, 0.3) is 22.8 Å². The molecule has 178 valence electrons. The predicted molar refractivity (Wildman–Crippen MR) is 132 cm³/mol. The lowest BCUT2D eigenvalue weighted by molar-refractivity contribution is 0.0949. The van der Waals surface area contributed by atoms with Gasteiger partial charge in [-0.15, -0.1) is 0 Å². The van der Waals surface area contributed by atoms with Gasteiger partial charge in [-0.2, -0.15) is 0 Å². The van der Waals surface area contributed by atoms with E-state index in [-0.39, 0.29) is 24.1 Å². The van der Waals surface area contributed by atoms with Gasteiger partial charge in [0.2, 0.25) is 5.89 Å². The molecular weight excluding hydrogens is 458 g/mol. The summed E-state index contributed by atoms with van der Waals surface area (Å²) in [5.74, 6) is 1.05. The molecule has 0 fully saturated rings. The Balaban J connectivity index is 1.26. The molecule has 0 aliphatic rings. The lowest BCUT2D eigenvalue weighted by Gasteiger charge is -2.05. The predicted octanol–water partition coefficient (Wildman–Crippen LogP) is 4.88. The molecule has 9 nitrogen and oxygen atoms in total. The average molecular weight is 479 g/mol. The van der Waals surface area contributed by atoms with Gasteiger partial charge in [-0.1, -0.05) is 18.2 Å². The van der Waals surface area contributed by atoms with E-state index in [0.29, 0.717) is 39.9 Å². The number of nitrogens with zero attached hydrogens (tertiary/aromatic N) is 3. The Morgan fingerprint density at radius 3 is 2.61 bits per heavy atom. The molecular formula is C27H21N5O4. The van der Waals surface area contributed by atoms with Gasteiger partial charge in [-0.05, 0) is 49.4 Å². The highest BCUT2D eigenvalue weighted by molar-refractivity contribution is 6.02. The van der Waals surface area contributed by atoms with Crippen molar-refractivity contribution < 1.29 is 18.4 Å². The Hall–Kier alpha value is -5.05. The fourth-order valence-corrected chi connectivity index (χ4v) is 3.58. The summed E-state index contributed by atoms with van der Waals surface area (Å²) < 4.78 is 11.3. The van der Waals surface area contributed by atoms with Crippen LogP contribution in [0.3, 0.4) is 0 Å². The summed E-state index contributed by atoms with van der Waals surface area (Å²) in [6.07, 6.45) is 5.94. The van der Waals surface area contributed by atoms with Crippen LogP contribution in [-0.4, -0.2) is 26.8 Å². The standard InChI is InChI=1S/C27H21N5O4/c1-17-22(16-30-25(33)19-6-2-5-18(13-19)24-9-4-12-35-24)32-27(36-17)20-7-3-8-21(14-20)31-26(34)23-15-28-10-11-29-23/h2-15H,16H2,1H3,(H,30,33)(H,31,34). The number of aromatic nitrogens is 3. The van der Waals surface area contributed by atoms with Crippen molar-refractivity contribution >= 4 is 17.5 Å². The first-order valence-electron chi connectivity index (χ1n) is 11.1. The van der Waals surface area contributed by atoms with E-state index in [1.54, 1.807) is 49.6 Å². The molecule has 36 heavy (non-hydrogen) atoms. The zero-order valence-electron chi connectivity index (χ0n) is 19.3. The van der Waals surface area contributed by atoms with E-state index in [1.165, 1.54) is 18.6 Å². The Kier molecular flexibility index (Phi) is 6.35. The van der Waals surface area contributed by atoms with Crippen molar-refractivity contribution in [1.82, 2.24) is 20.3 Å². The van der Waals surface area contributed by atoms with Crippen LogP contribution >= 0.6 is 0 Å². The Labute approximate surface area is 206 Å². The van der Waals surface area contributed by atoms with Crippen LogP contribution in [0.15, 0.2) is 94.4 Å². The maximum Gasteiger partial charge on any atom is 0.275 e. The van der Waals surface area contributed by atoms with Gasteiger partial charge in [-0.3, -0.25) is 14.6 Å². The number of hydrogen-bond acceptors (Lipinski definition) is 7. The number of furan rings is 1. The van der Waals surface area contributed by atoms with Crippen molar-refractivity contribution in [3.63, 3.8) is 0 Å². The number of nitrogens with one attached hydrogen (secondary N) is 2. The molecule has 0 radical (unpaired) electrons. The number of aryl methyl sites for hydroxylation is 1. The van der Waals surface area contributed by atoms with Gasteiger partial charge >= 0.3 is 0 Å². The van der Waals surface area contributed by atoms with E-state index in [9.17, 15) is 9.59 Å². The van der Waals surface area contributed by atoms with E-state index in [0.717, 1.165) is 5.56 Å². The van der Waals surface area contributed by atoms with Crippen LogP contribution < -0.4 is 10.6 Å². The van der Waals surface area contributed by atoms with Gasteiger partial charge in [0.15, 0.2) is 0 Å². The lowest BCUT2D eigenvalue weighted by atomic mass is 10.1. The highest BCUT2D eigenvalue weighted by atomic mass is 16.4. The second-order valence-corrected chi connectivity index (χ2v) is 7.89. The molecule has 0 bridgehead atoms. The number of hydrogen-bond donors (Lipinski definition) is 2. The Morgan fingerprint density at radius 2 is 1.81 bits per heavy atom. The van der Waals surface area contributed by atoms with Crippen LogP contribution in [0.5, 0.6) is 0 Å². The van der Waals surface area contributed by atoms with Crippen LogP contribution in [0.1, 0.15) is 32.3 Å². The van der Waals surface area contributed by atoms with Crippen molar-refractivity contribution in [3.05, 3.63) is 108 Å². The second-order valence-electron chi connectivity index (χ2n) is 7.89. The van der Waals surface area contributed by atoms with Crippen LogP contribution in [0, 0.1) is 6.92 Å². The molecule has 2 aromatic carbocycles. The number of carbonyl (C=O) groups excluding carboxylic acids is 2. The van der Waals surface area contributed by atoms with E-state index >= 15 is 0 Å². The van der Waals surface area contributed by atoms with Crippen molar-refractivity contribution in [2.45, 2.75) is 13.5 Å². The van der Waals surface area contributed by atoms with Crippen molar-refractivity contribution in [1.29, 1.82) is 0 Å². The summed E-state index contributed by atoms with van der Waals surface area (Å²) in [5, 5.41) is 5.68. The first kappa shape index (κ1) is 22.7. The monoisotopic (exact) mass is 479 g/mol. The molecule has 2 N–H and O–H groups in total. The number of amides is 2. The maximum absolute atomic E-state index is 12.7. The molecule has 0 unspecified atom stereocenters. The number of oxazole rings is 1. The topological polar surface area (TPSA) is 123 Å². The minimum atomic E-state index is -0.372. The first-order chi connectivity index (χ1) is 17.6. The normalized spacial score (nSPS) is 10.7. The molecule has 5 aromatic rings. The fourth-order valence-electron chi connectivity index (χ4n) is 3.58. The Bertz CT molecular complexity index is 1510. The third kappa shape index (κ3) is 5.05. The van der Waals surface area contributed by atoms with Gasteiger partial charge in [-0.25, -0.2) is 9.97 Å². The zero-order valence-corrected chi connectivity index (χ0v) is 19.3. The summed E-state index contributed by atoms with van der Waals surface area (Å²) in [6, 6.07) is 18.0. The van der Waals surface area contributed by atoms with Crippen LogP contribution in [0.4, 0.5) is 5.69 Å². The van der Waals surface area contributed by atoms with Crippen LogP contribution in [0.2, 0.25) is 0 Å². The highest BCUT2D eigenvalue weighted by Crippen LogP contribution is 2.25. The van der Waals surface area contributed by atoms with Crippen molar-refractivity contribution in [3.8, 4) is 22.8 Å². The number of anilines is 1. The van der Waals surface area contributed by atoms with Crippen LogP contribution in [-0.2, 0) is 6.54 Å². The van der Waals surface area contributed by atoms with Gasteiger partial charge in [0.25, 0.3) is 11.8 Å². The summed E-state index contributed by atoms with van der Waals surface area (Å²) in [5.41, 5.74) is 3.39. The molecule has 5 rings (SSSR count). The van der Waals surface area contributed by atoms with E-state index in [4.69, 9.17) is 8.83 Å². The summed E-state index contributed by atoms with van der Waals surface area (Å²) in [7, 11) is 0. The lowest BCUT2D eigenvalue weighted by Crippen LogP contribution is -2.23. The zero-order chi connectivity index (χ0) is 24.9. The quantitative estimate of drug-likeness (QED) is 0.341. The molecule has 0 atom stereocenters. The molecule has 0 saturated carbocycles. The minimum Gasteiger partial charge on any atom is -0.464 e. The van der Waals surface area contributed by atoms with Crippen molar-refractivity contribution in [2.75, 3.05) is 5.32 Å². The largest absolute Gasteiger partial charge is 0.464 e. The number of rotatable bonds is 7. The SMILES string of the molecule is Cc1oc(-c2cccc(NC(=O)c3cnccn3)c2)nc1CNC(=O)c1cccc(-c2ccco2)c1. The molecule has 0 saturated heterocycles. The molecule has 3 heterocycles. The smallest absolute Gasteiger partial charge is 0.275 e. The maximum atomic E-state index is 12.7. The van der Waals surface area contributed by atoms with E-state index in [2.05, 4.69) is 25.6 Å². The van der Waals surface area contributed by atoms with Gasteiger partial charge in [0.05, 0.1) is 19.0 Å². The van der Waals surface area contributed by atoms with E-state index < -0.39 is 0 Å². The molecule has 9 heteroatoms. The molecule has 2 amide bonds. The van der Waals surface area contributed by atoms with Gasteiger partial charge in [0, 0.05) is 34.8 Å². The molecule has 0 spiro atoms. The molecule has 0 aliphatic carbocycles. The summed E-state index contributed by atoms with van der Waals surface area (Å²) in [4.78, 5) is 37.6. The fraction of sp³-hybridized carbons (Fsp3) is 0.0741. The summed E-state index contributed by atoms with van der Waals surface area (Å²) in [6.45, 7) is 1.98. The molecule has 3 aromatic heterocycles. The third-order valence-electron chi connectivity index (χ3n) is 5.40. The number of carbonyl (C=O) groups is 2. The Morgan fingerprint density at radius 1 is 0.944 bits per heavy atom.